The van der Waals surface area contributed by atoms with Gasteiger partial charge in [-0.05, 0) is 78.6 Å². The summed E-state index contributed by atoms with van der Waals surface area (Å²) in [4.78, 5) is 110. The largest absolute Gasteiger partial charge is 0.463 e. The third-order valence-corrected chi connectivity index (χ3v) is 11.1. The molecular formula is C48H81N5O20. The maximum Gasteiger partial charge on any atom is 0.306 e. The first-order valence-corrected chi connectivity index (χ1v) is 25.0. The quantitative estimate of drug-likeness (QED) is 0.0268. The second kappa shape index (κ2) is 33.7. The number of ether oxygens (including phenoxy) is 9. The molecule has 0 bridgehead atoms. The van der Waals surface area contributed by atoms with Crippen molar-refractivity contribution < 1.29 is 96.0 Å². The molecule has 0 aromatic carbocycles. The van der Waals surface area contributed by atoms with Crippen molar-refractivity contribution in [3.63, 3.8) is 0 Å². The Balaban J connectivity index is 1.88. The maximum atomic E-state index is 13.4. The van der Waals surface area contributed by atoms with Crippen LogP contribution in [0.2, 0.25) is 0 Å². The third-order valence-electron chi connectivity index (χ3n) is 11.1. The van der Waals surface area contributed by atoms with E-state index in [1.807, 2.05) is 0 Å². The molecule has 2 rings (SSSR count). The van der Waals surface area contributed by atoms with Gasteiger partial charge in [0.05, 0.1) is 12.6 Å². The highest BCUT2D eigenvalue weighted by Gasteiger charge is 2.50. The van der Waals surface area contributed by atoms with Crippen LogP contribution in [-0.2, 0) is 85.8 Å². The first kappa shape index (κ1) is 64.1. The molecule has 10 unspecified atom stereocenters. The van der Waals surface area contributed by atoms with Crippen LogP contribution >= 0.6 is 0 Å². The Morgan fingerprint density at radius 1 is 0.630 bits per heavy atom. The second-order valence-electron chi connectivity index (χ2n) is 18.9. The van der Waals surface area contributed by atoms with Crippen molar-refractivity contribution in [2.24, 2.45) is 5.73 Å². The molecule has 418 valence electrons. The van der Waals surface area contributed by atoms with Crippen LogP contribution in [0.15, 0.2) is 0 Å². The summed E-state index contributed by atoms with van der Waals surface area (Å²) >= 11 is 0. The molecule has 25 heteroatoms. The lowest BCUT2D eigenvalue weighted by Gasteiger charge is -2.43. The van der Waals surface area contributed by atoms with E-state index in [1.54, 1.807) is 20.8 Å². The number of hydrogen-bond donors (Lipinski definition) is 7. The Labute approximate surface area is 426 Å². The average Bonchev–Trinajstić information content (AvgIpc) is 3.28. The van der Waals surface area contributed by atoms with Crippen molar-refractivity contribution in [1.82, 2.24) is 21.3 Å². The van der Waals surface area contributed by atoms with Crippen LogP contribution in [0.1, 0.15) is 139 Å². The molecule has 2 fully saturated rings. The molecule has 0 saturated carbocycles. The molecule has 0 aromatic heterocycles. The lowest BCUT2D eigenvalue weighted by atomic mass is 9.96. The van der Waals surface area contributed by atoms with Gasteiger partial charge in [0.25, 0.3) is 0 Å². The van der Waals surface area contributed by atoms with Crippen LogP contribution in [0.4, 0.5) is 0 Å². The van der Waals surface area contributed by atoms with Gasteiger partial charge in [-0.1, -0.05) is 6.42 Å². The van der Waals surface area contributed by atoms with E-state index in [1.165, 1.54) is 13.8 Å². The molecule has 0 aromatic rings. The minimum atomic E-state index is -1.46. The molecule has 2 heterocycles. The van der Waals surface area contributed by atoms with E-state index in [0.717, 1.165) is 20.8 Å². The number of esters is 5. The van der Waals surface area contributed by atoms with E-state index in [2.05, 4.69) is 21.3 Å². The number of nitrogens with one attached hydrogen (secondary N) is 4. The fourth-order valence-electron chi connectivity index (χ4n) is 7.81. The number of nitrogens with two attached hydrogens (primary N) is 1. The molecule has 0 spiro atoms. The zero-order valence-electron chi connectivity index (χ0n) is 43.6. The van der Waals surface area contributed by atoms with Crippen LogP contribution in [0.3, 0.4) is 0 Å². The van der Waals surface area contributed by atoms with Crippen molar-refractivity contribution in [1.29, 1.82) is 0 Å². The minimum Gasteiger partial charge on any atom is -0.463 e. The zero-order chi connectivity index (χ0) is 54.7. The van der Waals surface area contributed by atoms with Gasteiger partial charge in [-0.3, -0.25) is 43.2 Å². The summed E-state index contributed by atoms with van der Waals surface area (Å²) in [5, 5.41) is 32.0. The molecule has 11 atom stereocenters. The van der Waals surface area contributed by atoms with Gasteiger partial charge in [-0.15, -0.1) is 0 Å². The number of aliphatic hydroxyl groups is 2. The number of aliphatic hydroxyl groups excluding tert-OH is 2. The summed E-state index contributed by atoms with van der Waals surface area (Å²) in [6, 6.07) is -3.08. The maximum absolute atomic E-state index is 13.4. The summed E-state index contributed by atoms with van der Waals surface area (Å²) in [5.41, 5.74) is 5.70. The minimum absolute atomic E-state index is 0.0407. The van der Waals surface area contributed by atoms with Crippen LogP contribution < -0.4 is 27.0 Å². The fraction of sp³-hybridized carbons (Fsp3) is 0.812. The number of carbonyl (C=O) groups excluding carboxylic acids is 9. The Morgan fingerprint density at radius 3 is 1.77 bits per heavy atom. The van der Waals surface area contributed by atoms with Gasteiger partial charge in [0.1, 0.15) is 42.6 Å². The normalized spacial score (nSPS) is 24.2. The Bertz CT molecular complexity index is 1780. The van der Waals surface area contributed by atoms with Crippen LogP contribution in [0, 0.1) is 0 Å². The van der Waals surface area contributed by atoms with Gasteiger partial charge in [0.2, 0.25) is 23.6 Å². The molecule has 2 aliphatic rings. The molecule has 73 heavy (non-hydrogen) atoms. The van der Waals surface area contributed by atoms with Crippen LogP contribution in [-0.4, -0.2) is 176 Å². The number of unbranched alkanes of at least 4 members (excludes halogenated alkanes) is 5. The van der Waals surface area contributed by atoms with Crippen molar-refractivity contribution in [3.8, 4) is 0 Å². The number of carbonyl (C=O) groups is 9. The molecule has 4 amide bonds. The second-order valence-corrected chi connectivity index (χ2v) is 18.9. The molecule has 2 aliphatic heterocycles. The first-order valence-electron chi connectivity index (χ1n) is 25.0. The molecule has 25 nitrogen and oxygen atoms in total. The summed E-state index contributed by atoms with van der Waals surface area (Å²) in [6.45, 7) is 11.0. The Kier molecular flexibility index (Phi) is 29.6. The topological polar surface area (TPSA) is 351 Å². The molecule has 8 N–H and O–H groups in total. The predicted octanol–water partition coefficient (Wildman–Crippen LogP) is 0.143. The molecule has 0 aliphatic carbocycles. The van der Waals surface area contributed by atoms with Crippen molar-refractivity contribution in [3.05, 3.63) is 0 Å². The number of amides is 4. The smallest absolute Gasteiger partial charge is 0.306 e. The highest BCUT2D eigenvalue weighted by Crippen LogP contribution is 2.28. The van der Waals surface area contributed by atoms with E-state index < -0.39 is 109 Å². The van der Waals surface area contributed by atoms with E-state index in [0.29, 0.717) is 70.9 Å². The van der Waals surface area contributed by atoms with E-state index in [9.17, 15) is 53.4 Å². The van der Waals surface area contributed by atoms with Gasteiger partial charge in [-0.2, -0.15) is 0 Å². The summed E-state index contributed by atoms with van der Waals surface area (Å²) < 4.78 is 49.4. The summed E-state index contributed by atoms with van der Waals surface area (Å²) in [5.74, 6) is -4.53. The summed E-state index contributed by atoms with van der Waals surface area (Å²) in [7, 11) is 0. The van der Waals surface area contributed by atoms with Crippen molar-refractivity contribution in [2.45, 2.75) is 212 Å². The predicted molar refractivity (Wildman–Crippen MR) is 255 cm³/mol. The Morgan fingerprint density at radius 2 is 1.18 bits per heavy atom. The van der Waals surface area contributed by atoms with Gasteiger partial charge in [-0.25, -0.2) is 0 Å². The first-order chi connectivity index (χ1) is 34.4. The third kappa shape index (κ3) is 26.1. The van der Waals surface area contributed by atoms with E-state index in [4.69, 9.17) is 48.4 Å². The van der Waals surface area contributed by atoms with Gasteiger partial charge >= 0.3 is 29.8 Å². The molecule has 0 radical (unpaired) electrons. The lowest BCUT2D eigenvalue weighted by Crippen LogP contribution is -2.65. The fourth-order valence-corrected chi connectivity index (χ4v) is 7.81. The highest BCUT2D eigenvalue weighted by molar-refractivity contribution is 5.87. The van der Waals surface area contributed by atoms with E-state index in [-0.39, 0.29) is 69.2 Å². The van der Waals surface area contributed by atoms with Gasteiger partial charge in [0.15, 0.2) is 30.9 Å². The van der Waals surface area contributed by atoms with Gasteiger partial charge < -0.3 is 79.8 Å². The van der Waals surface area contributed by atoms with Gasteiger partial charge in [0, 0.05) is 80.2 Å². The number of hydrogen-bond acceptors (Lipinski definition) is 21. The molecule has 2 saturated heterocycles. The zero-order valence-corrected chi connectivity index (χ0v) is 43.6. The SMILES string of the molecule is CC(=O)NC1C(OCCCCC(=O)NCCCC[C@H](NC(=O)CCCCOC2OC(CO)C(OC(C)=O)C(OC(C)=O)C2N)C(=O)NCCCCCC(=O)OC(C)(C)C)OC(COC(C)=O)C(OC(C)=O)C1O. The molecular weight excluding hydrogens is 967 g/mol. The monoisotopic (exact) mass is 1050 g/mol. The van der Waals surface area contributed by atoms with E-state index >= 15 is 0 Å². The number of rotatable bonds is 32. The average molecular weight is 1050 g/mol. The Hall–Kier alpha value is -5.05. The van der Waals surface area contributed by atoms with Crippen molar-refractivity contribution in [2.75, 3.05) is 39.5 Å². The lowest BCUT2D eigenvalue weighted by molar-refractivity contribution is -0.275. The van der Waals surface area contributed by atoms with Crippen molar-refractivity contribution >= 4 is 53.5 Å². The highest BCUT2D eigenvalue weighted by atomic mass is 16.7. The van der Waals surface area contributed by atoms with Crippen LogP contribution in [0.5, 0.6) is 0 Å². The summed E-state index contributed by atoms with van der Waals surface area (Å²) in [6.07, 6.45) is -4.57. The van der Waals surface area contributed by atoms with Crippen LogP contribution in [0.25, 0.3) is 0 Å². The standard InChI is InChI=1S/C48H81N5O20/c1-28(55)52-40-41(63)42(68-30(3)57)35(27-67-29(2)56)72-47(40)66-25-16-12-19-36(60)50-22-15-11-18-33(45(64)51-23-14-9-10-21-38(62)73-48(6,7)8)53-37(61)20-13-17-24-65-46-39(49)44(70-32(5)59)43(69-31(4)58)34(26-54)71-46/h33-35,39-44,46-47,54,63H,9-27,49H2,1-8H3,(H,50,60)(H,51,64)(H,52,55)(H,53,61)/t33-,34?,35?,39?,40?,41?,42?,43?,44?,46?,47?/m0/s1.